The highest BCUT2D eigenvalue weighted by molar-refractivity contribution is 5.86. The Morgan fingerprint density at radius 3 is 2.37 bits per heavy atom. The maximum absolute atomic E-state index is 12.3. The molecule has 2 unspecified atom stereocenters. The van der Waals surface area contributed by atoms with E-state index in [2.05, 4.69) is 0 Å². The number of likely N-dealkylation sites (N-methyl/N-ethyl adjacent to an activating group) is 1. The van der Waals surface area contributed by atoms with Gasteiger partial charge >= 0.3 is 5.97 Å². The Hall–Kier alpha value is -1.88. The Labute approximate surface area is 112 Å². The molecule has 1 rings (SSSR count). The molecule has 5 nitrogen and oxygen atoms in total. The molecule has 1 amide bonds. The summed E-state index contributed by atoms with van der Waals surface area (Å²) < 4.78 is 5.46. The van der Waals surface area contributed by atoms with Gasteiger partial charge in [0.05, 0.1) is 0 Å². The fourth-order valence-electron chi connectivity index (χ4n) is 1.65. The lowest BCUT2D eigenvalue weighted by molar-refractivity contribution is -0.154. The molecule has 0 heterocycles. The summed E-state index contributed by atoms with van der Waals surface area (Å²) in [5.74, 6) is -1.40. The van der Waals surface area contributed by atoms with Crippen LogP contribution in [-0.2, 0) is 14.3 Å². The fraction of sp³-hybridized carbons (Fsp3) is 0.429. The van der Waals surface area contributed by atoms with Gasteiger partial charge in [-0.05, 0) is 19.4 Å². The van der Waals surface area contributed by atoms with Crippen molar-refractivity contribution in [3.8, 4) is 0 Å². The smallest absolute Gasteiger partial charge is 0.326 e. The summed E-state index contributed by atoms with van der Waals surface area (Å²) in [4.78, 5) is 24.4. The first-order valence-electron chi connectivity index (χ1n) is 6.15. The average Bonchev–Trinajstić information content (AvgIpc) is 2.43. The molecule has 0 aliphatic rings. The number of aliphatic carboxylic acids is 1. The molecular weight excluding hydrogens is 246 g/mol. The van der Waals surface area contributed by atoms with Crippen LogP contribution in [0.4, 0.5) is 0 Å². The van der Waals surface area contributed by atoms with Crippen molar-refractivity contribution in [2.24, 2.45) is 0 Å². The van der Waals surface area contributed by atoms with Gasteiger partial charge in [0.1, 0.15) is 6.04 Å². The van der Waals surface area contributed by atoms with Crippen molar-refractivity contribution in [1.29, 1.82) is 0 Å². The van der Waals surface area contributed by atoms with E-state index < -0.39 is 18.1 Å². The highest BCUT2D eigenvalue weighted by Gasteiger charge is 2.29. The Morgan fingerprint density at radius 1 is 1.32 bits per heavy atom. The minimum atomic E-state index is -1.04. The van der Waals surface area contributed by atoms with Crippen molar-refractivity contribution in [3.05, 3.63) is 35.9 Å². The van der Waals surface area contributed by atoms with Crippen molar-refractivity contribution in [3.63, 3.8) is 0 Å². The molecular formula is C14H19NO4. The molecule has 0 radical (unpaired) electrons. The van der Waals surface area contributed by atoms with E-state index in [1.54, 1.807) is 19.1 Å². The minimum absolute atomic E-state index is 0.358. The van der Waals surface area contributed by atoms with Gasteiger partial charge in [-0.3, -0.25) is 4.79 Å². The van der Waals surface area contributed by atoms with E-state index in [1.807, 2.05) is 18.2 Å². The summed E-state index contributed by atoms with van der Waals surface area (Å²) in [6, 6.07) is 8.17. The van der Waals surface area contributed by atoms with Crippen LogP contribution < -0.4 is 0 Å². The zero-order chi connectivity index (χ0) is 14.4. The molecule has 0 saturated heterocycles. The number of rotatable bonds is 6. The number of carbonyl (C=O) groups excluding carboxylic acids is 1. The number of carbonyl (C=O) groups is 2. The zero-order valence-electron chi connectivity index (χ0n) is 11.4. The maximum atomic E-state index is 12.3. The quantitative estimate of drug-likeness (QED) is 0.850. The van der Waals surface area contributed by atoms with E-state index in [9.17, 15) is 9.59 Å². The first-order chi connectivity index (χ1) is 8.99. The molecule has 0 aromatic heterocycles. The highest BCUT2D eigenvalue weighted by Crippen LogP contribution is 2.20. The summed E-state index contributed by atoms with van der Waals surface area (Å²) in [6.45, 7) is 3.64. The Bertz CT molecular complexity index is 432. The van der Waals surface area contributed by atoms with Crippen molar-refractivity contribution in [2.75, 3.05) is 13.7 Å². The van der Waals surface area contributed by atoms with E-state index in [1.165, 1.54) is 18.9 Å². The highest BCUT2D eigenvalue weighted by atomic mass is 16.5. The molecule has 2 atom stereocenters. The lowest BCUT2D eigenvalue weighted by Crippen LogP contribution is -2.43. The van der Waals surface area contributed by atoms with Crippen molar-refractivity contribution >= 4 is 11.9 Å². The molecule has 1 N–H and O–H groups in total. The van der Waals surface area contributed by atoms with Gasteiger partial charge in [0.15, 0.2) is 6.10 Å². The summed E-state index contributed by atoms with van der Waals surface area (Å²) in [5.41, 5.74) is 0.721. The van der Waals surface area contributed by atoms with Gasteiger partial charge in [0.2, 0.25) is 0 Å². The second-order valence-corrected chi connectivity index (χ2v) is 4.21. The van der Waals surface area contributed by atoms with Gasteiger partial charge < -0.3 is 14.7 Å². The van der Waals surface area contributed by atoms with E-state index in [4.69, 9.17) is 9.84 Å². The number of ether oxygens (including phenoxy) is 1. The van der Waals surface area contributed by atoms with Gasteiger partial charge in [0, 0.05) is 13.7 Å². The third-order valence-electron chi connectivity index (χ3n) is 2.95. The number of carboxylic acids is 1. The Kier molecular flexibility index (Phi) is 5.51. The normalized spacial score (nSPS) is 13.6. The molecule has 5 heteroatoms. The second-order valence-electron chi connectivity index (χ2n) is 4.21. The van der Waals surface area contributed by atoms with Gasteiger partial charge in [-0.2, -0.15) is 0 Å². The Morgan fingerprint density at radius 2 is 1.89 bits per heavy atom. The molecule has 0 fully saturated rings. The van der Waals surface area contributed by atoms with Crippen LogP contribution in [-0.4, -0.2) is 41.6 Å². The van der Waals surface area contributed by atoms with Crippen LogP contribution in [0.25, 0.3) is 0 Å². The number of hydrogen-bond donors (Lipinski definition) is 1. The third kappa shape index (κ3) is 3.79. The number of nitrogens with zero attached hydrogens (tertiary/aromatic N) is 1. The van der Waals surface area contributed by atoms with Gasteiger partial charge in [-0.1, -0.05) is 30.3 Å². The van der Waals surface area contributed by atoms with E-state index >= 15 is 0 Å². The molecule has 0 saturated carbocycles. The van der Waals surface area contributed by atoms with Crippen LogP contribution in [0.5, 0.6) is 0 Å². The molecule has 0 aliphatic carbocycles. The van der Waals surface area contributed by atoms with Gasteiger partial charge in [0.25, 0.3) is 5.91 Å². The first-order valence-corrected chi connectivity index (χ1v) is 6.15. The van der Waals surface area contributed by atoms with Crippen molar-refractivity contribution in [1.82, 2.24) is 4.90 Å². The van der Waals surface area contributed by atoms with Crippen LogP contribution in [0, 0.1) is 0 Å². The number of benzene rings is 1. The predicted molar refractivity (Wildman–Crippen MR) is 70.7 cm³/mol. The lowest BCUT2D eigenvalue weighted by Gasteiger charge is -2.26. The topological polar surface area (TPSA) is 66.8 Å². The molecule has 1 aromatic carbocycles. The van der Waals surface area contributed by atoms with Gasteiger partial charge in [-0.15, -0.1) is 0 Å². The number of hydrogen-bond acceptors (Lipinski definition) is 3. The molecule has 104 valence electrons. The van der Waals surface area contributed by atoms with Crippen molar-refractivity contribution in [2.45, 2.75) is 26.0 Å². The summed E-state index contributed by atoms with van der Waals surface area (Å²) in [5, 5.41) is 8.95. The predicted octanol–water partition coefficient (Wildman–Crippen LogP) is 1.70. The van der Waals surface area contributed by atoms with Gasteiger partial charge in [-0.25, -0.2) is 4.79 Å². The summed E-state index contributed by atoms with van der Waals surface area (Å²) in [6.07, 6.45) is -0.766. The lowest BCUT2D eigenvalue weighted by atomic mass is 10.1. The molecule has 1 aromatic rings. The average molecular weight is 265 g/mol. The third-order valence-corrected chi connectivity index (χ3v) is 2.95. The van der Waals surface area contributed by atoms with Crippen LogP contribution in [0.2, 0.25) is 0 Å². The second kappa shape index (κ2) is 6.89. The van der Waals surface area contributed by atoms with Crippen LogP contribution in [0.1, 0.15) is 25.5 Å². The van der Waals surface area contributed by atoms with Crippen LogP contribution >= 0.6 is 0 Å². The summed E-state index contributed by atoms with van der Waals surface area (Å²) >= 11 is 0. The number of amides is 1. The van der Waals surface area contributed by atoms with E-state index in [0.717, 1.165) is 5.56 Å². The van der Waals surface area contributed by atoms with Crippen LogP contribution in [0.3, 0.4) is 0 Å². The molecule has 0 bridgehead atoms. The van der Waals surface area contributed by atoms with Crippen molar-refractivity contribution < 1.29 is 19.4 Å². The number of carboxylic acid groups (broad SMARTS) is 1. The largest absolute Gasteiger partial charge is 0.480 e. The maximum Gasteiger partial charge on any atom is 0.326 e. The molecule has 19 heavy (non-hydrogen) atoms. The van der Waals surface area contributed by atoms with E-state index in [0.29, 0.717) is 6.61 Å². The fourth-order valence-corrected chi connectivity index (χ4v) is 1.65. The first kappa shape index (κ1) is 15.2. The zero-order valence-corrected chi connectivity index (χ0v) is 11.4. The standard InChI is InChI=1S/C14H19NO4/c1-4-19-12(11-8-6-5-7-9-11)13(16)15(3)10(2)14(17)18/h5-10,12H,4H2,1-3H3,(H,17,18). The molecule has 0 spiro atoms. The van der Waals surface area contributed by atoms with Crippen LogP contribution in [0.15, 0.2) is 30.3 Å². The minimum Gasteiger partial charge on any atom is -0.480 e. The van der Waals surface area contributed by atoms with E-state index in [-0.39, 0.29) is 5.91 Å². The molecule has 0 aliphatic heterocycles. The monoisotopic (exact) mass is 265 g/mol. The Balaban J connectivity index is 2.94. The SMILES string of the molecule is CCOC(C(=O)N(C)C(C)C(=O)O)c1ccccc1. The summed E-state index contributed by atoms with van der Waals surface area (Å²) in [7, 11) is 1.47.